The lowest BCUT2D eigenvalue weighted by molar-refractivity contribution is 0.102. The number of nitrogens with one attached hydrogen (secondary N) is 1. The molecule has 2 aromatic rings. The van der Waals surface area contributed by atoms with Crippen LogP contribution in [0.5, 0.6) is 0 Å². The number of aromatic nitrogens is 3. The van der Waals surface area contributed by atoms with Crippen molar-refractivity contribution < 1.29 is 4.79 Å². The van der Waals surface area contributed by atoms with E-state index in [0.717, 1.165) is 25.0 Å². The van der Waals surface area contributed by atoms with Crippen LogP contribution < -0.4 is 5.32 Å². The van der Waals surface area contributed by atoms with E-state index < -0.39 is 0 Å². The van der Waals surface area contributed by atoms with Gasteiger partial charge in [-0.2, -0.15) is 0 Å². The predicted octanol–water partition coefficient (Wildman–Crippen LogP) is 2.64. The average Bonchev–Trinajstić information content (AvgIpc) is 2.48. The monoisotopic (exact) mass is 282 g/mol. The smallest absolute Gasteiger partial charge is 0.276 e. The zero-order valence-corrected chi connectivity index (χ0v) is 12.3. The molecule has 0 radical (unpaired) electrons. The van der Waals surface area contributed by atoms with E-state index in [1.165, 1.54) is 5.56 Å². The normalized spacial score (nSPS) is 16.1. The molecule has 108 valence electrons. The molecule has 0 unspecified atom stereocenters. The Bertz CT molecular complexity index is 667. The second-order valence-electron chi connectivity index (χ2n) is 6.18. The van der Waals surface area contributed by atoms with Gasteiger partial charge in [0.25, 0.3) is 5.91 Å². The van der Waals surface area contributed by atoms with Gasteiger partial charge in [-0.3, -0.25) is 15.1 Å². The molecule has 1 N–H and O–H groups in total. The van der Waals surface area contributed by atoms with Crippen molar-refractivity contribution in [2.24, 2.45) is 5.41 Å². The highest BCUT2D eigenvalue weighted by molar-refractivity contribution is 6.01. The SMILES string of the molecule is CC1(C)CCc2nc(NC(=O)c3ccccn3)ncc2C1. The molecule has 21 heavy (non-hydrogen) atoms. The Morgan fingerprint density at radius 2 is 2.14 bits per heavy atom. The Kier molecular flexibility index (Phi) is 3.41. The minimum Gasteiger partial charge on any atom is -0.289 e. The van der Waals surface area contributed by atoms with E-state index in [-0.39, 0.29) is 5.91 Å². The summed E-state index contributed by atoms with van der Waals surface area (Å²) in [4.78, 5) is 24.8. The van der Waals surface area contributed by atoms with Gasteiger partial charge in [-0.25, -0.2) is 9.97 Å². The van der Waals surface area contributed by atoms with Crippen molar-refractivity contribution in [2.45, 2.75) is 33.1 Å². The second kappa shape index (κ2) is 5.24. The van der Waals surface area contributed by atoms with Gasteiger partial charge in [0.15, 0.2) is 0 Å². The first kappa shape index (κ1) is 13.7. The number of hydrogen-bond donors (Lipinski definition) is 1. The van der Waals surface area contributed by atoms with Gasteiger partial charge in [0, 0.05) is 18.1 Å². The van der Waals surface area contributed by atoms with Crippen LogP contribution in [0.15, 0.2) is 30.6 Å². The van der Waals surface area contributed by atoms with Crippen molar-refractivity contribution in [3.05, 3.63) is 47.5 Å². The zero-order chi connectivity index (χ0) is 14.9. The van der Waals surface area contributed by atoms with E-state index in [9.17, 15) is 4.79 Å². The summed E-state index contributed by atoms with van der Waals surface area (Å²) < 4.78 is 0. The summed E-state index contributed by atoms with van der Waals surface area (Å²) >= 11 is 0. The fourth-order valence-electron chi connectivity index (χ4n) is 2.59. The molecule has 2 aromatic heterocycles. The van der Waals surface area contributed by atoms with Crippen LogP contribution in [0.4, 0.5) is 5.95 Å². The summed E-state index contributed by atoms with van der Waals surface area (Å²) in [7, 11) is 0. The van der Waals surface area contributed by atoms with Gasteiger partial charge in [-0.15, -0.1) is 0 Å². The van der Waals surface area contributed by atoms with Gasteiger partial charge < -0.3 is 0 Å². The molecule has 0 saturated heterocycles. The molecular weight excluding hydrogens is 264 g/mol. The molecule has 0 saturated carbocycles. The molecule has 5 nitrogen and oxygen atoms in total. The molecule has 1 aliphatic rings. The van der Waals surface area contributed by atoms with Crippen molar-refractivity contribution in [3.8, 4) is 0 Å². The number of anilines is 1. The van der Waals surface area contributed by atoms with Gasteiger partial charge in [0.05, 0.1) is 0 Å². The van der Waals surface area contributed by atoms with Crippen LogP contribution in [0.1, 0.15) is 42.0 Å². The first-order valence-corrected chi connectivity index (χ1v) is 7.11. The standard InChI is InChI=1S/C16H18N4O/c1-16(2)7-6-12-11(9-16)10-18-15(19-12)20-14(21)13-5-3-4-8-17-13/h3-5,8,10H,6-7,9H2,1-2H3,(H,18,19,20,21). The van der Waals surface area contributed by atoms with Crippen LogP contribution in [0.25, 0.3) is 0 Å². The molecule has 0 bridgehead atoms. The summed E-state index contributed by atoms with van der Waals surface area (Å²) in [6.45, 7) is 4.51. The van der Waals surface area contributed by atoms with Crippen LogP contribution in [0, 0.1) is 5.41 Å². The van der Waals surface area contributed by atoms with Crippen molar-refractivity contribution in [2.75, 3.05) is 5.32 Å². The Morgan fingerprint density at radius 3 is 2.90 bits per heavy atom. The third-order valence-corrected chi connectivity index (χ3v) is 3.78. The minimum absolute atomic E-state index is 0.285. The number of carbonyl (C=O) groups is 1. The third kappa shape index (κ3) is 3.07. The van der Waals surface area contributed by atoms with Gasteiger partial charge >= 0.3 is 0 Å². The van der Waals surface area contributed by atoms with E-state index in [4.69, 9.17) is 0 Å². The Hall–Kier alpha value is -2.30. The molecule has 2 heterocycles. The van der Waals surface area contributed by atoms with Crippen molar-refractivity contribution in [3.63, 3.8) is 0 Å². The van der Waals surface area contributed by atoms with Crippen molar-refractivity contribution >= 4 is 11.9 Å². The summed E-state index contributed by atoms with van der Waals surface area (Å²) in [5, 5.41) is 2.71. The topological polar surface area (TPSA) is 67.8 Å². The number of fused-ring (bicyclic) bond motifs is 1. The van der Waals surface area contributed by atoms with Gasteiger partial charge in [0.2, 0.25) is 5.95 Å². The number of pyridine rings is 1. The van der Waals surface area contributed by atoms with Crippen LogP contribution in [-0.4, -0.2) is 20.9 Å². The molecule has 0 spiro atoms. The van der Waals surface area contributed by atoms with Crippen LogP contribution in [0.2, 0.25) is 0 Å². The minimum atomic E-state index is -0.285. The largest absolute Gasteiger partial charge is 0.289 e. The number of aryl methyl sites for hydroxylation is 1. The van der Waals surface area contributed by atoms with Crippen LogP contribution in [0.3, 0.4) is 0 Å². The average molecular weight is 282 g/mol. The molecule has 1 aliphatic carbocycles. The fourth-order valence-corrected chi connectivity index (χ4v) is 2.59. The van der Waals surface area contributed by atoms with Crippen LogP contribution >= 0.6 is 0 Å². The maximum Gasteiger partial charge on any atom is 0.276 e. The quantitative estimate of drug-likeness (QED) is 0.919. The summed E-state index contributed by atoms with van der Waals surface area (Å²) in [6, 6.07) is 5.21. The van der Waals surface area contributed by atoms with Gasteiger partial charge in [-0.1, -0.05) is 19.9 Å². The van der Waals surface area contributed by atoms with E-state index in [2.05, 4.69) is 34.1 Å². The number of nitrogens with zero attached hydrogens (tertiary/aromatic N) is 3. The zero-order valence-electron chi connectivity index (χ0n) is 12.3. The molecule has 0 aliphatic heterocycles. The maximum atomic E-state index is 12.0. The summed E-state index contributed by atoms with van der Waals surface area (Å²) in [5.74, 6) is 0.0656. The van der Waals surface area contributed by atoms with Gasteiger partial charge in [-0.05, 0) is 42.4 Å². The highest BCUT2D eigenvalue weighted by atomic mass is 16.2. The summed E-state index contributed by atoms with van der Waals surface area (Å²) in [6.07, 6.45) is 6.43. The lowest BCUT2D eigenvalue weighted by Gasteiger charge is -2.30. The Labute approximate surface area is 123 Å². The van der Waals surface area contributed by atoms with E-state index >= 15 is 0 Å². The van der Waals surface area contributed by atoms with E-state index in [0.29, 0.717) is 17.1 Å². The lowest BCUT2D eigenvalue weighted by atomic mass is 9.76. The number of rotatable bonds is 2. The number of amides is 1. The Morgan fingerprint density at radius 1 is 1.29 bits per heavy atom. The molecule has 1 amide bonds. The van der Waals surface area contributed by atoms with Gasteiger partial charge in [0.1, 0.15) is 5.69 Å². The molecule has 0 fully saturated rings. The third-order valence-electron chi connectivity index (χ3n) is 3.78. The van der Waals surface area contributed by atoms with Crippen molar-refractivity contribution in [1.29, 1.82) is 0 Å². The molecule has 3 rings (SSSR count). The first-order valence-electron chi connectivity index (χ1n) is 7.11. The molecular formula is C16H18N4O. The first-order chi connectivity index (χ1) is 10.0. The van der Waals surface area contributed by atoms with Crippen molar-refractivity contribution in [1.82, 2.24) is 15.0 Å². The highest BCUT2D eigenvalue weighted by Crippen LogP contribution is 2.33. The predicted molar refractivity (Wildman–Crippen MR) is 80.0 cm³/mol. The second-order valence-corrected chi connectivity index (χ2v) is 6.18. The highest BCUT2D eigenvalue weighted by Gasteiger charge is 2.26. The summed E-state index contributed by atoms with van der Waals surface area (Å²) in [5.41, 5.74) is 2.89. The fraction of sp³-hybridized carbons (Fsp3) is 0.375. The molecule has 0 atom stereocenters. The maximum absolute atomic E-state index is 12.0. The Balaban J connectivity index is 1.78. The van der Waals surface area contributed by atoms with Crippen LogP contribution in [-0.2, 0) is 12.8 Å². The number of hydrogen-bond acceptors (Lipinski definition) is 4. The van der Waals surface area contributed by atoms with E-state index in [1.54, 1.807) is 24.4 Å². The molecule has 0 aromatic carbocycles. The molecule has 5 heteroatoms. The number of carbonyl (C=O) groups excluding carboxylic acids is 1. The lowest BCUT2D eigenvalue weighted by Crippen LogP contribution is -2.24. The van der Waals surface area contributed by atoms with E-state index in [1.807, 2.05) is 6.20 Å².